The van der Waals surface area contributed by atoms with Crippen LogP contribution in [0.4, 0.5) is 0 Å². The van der Waals surface area contributed by atoms with E-state index in [0.29, 0.717) is 30.6 Å². The molecule has 0 radical (unpaired) electrons. The van der Waals surface area contributed by atoms with Gasteiger partial charge in [0.1, 0.15) is 0 Å². The highest BCUT2D eigenvalue weighted by Gasteiger charge is 2.23. The molecule has 0 bridgehead atoms. The smallest absolute Gasteiger partial charge is 0.275 e. The van der Waals surface area contributed by atoms with Gasteiger partial charge in [-0.05, 0) is 43.9 Å². The number of amides is 1. The minimum atomic E-state index is 0.110. The van der Waals surface area contributed by atoms with E-state index in [0.717, 1.165) is 12.1 Å². The van der Waals surface area contributed by atoms with E-state index in [1.54, 1.807) is 14.2 Å². The lowest BCUT2D eigenvalue weighted by molar-refractivity contribution is -0.921. The predicted molar refractivity (Wildman–Crippen MR) is 85.4 cm³/mol. The van der Waals surface area contributed by atoms with Crippen LogP contribution in [0.3, 0.4) is 0 Å². The van der Waals surface area contributed by atoms with Crippen molar-refractivity contribution in [2.75, 3.05) is 27.3 Å². The third-order valence-corrected chi connectivity index (χ3v) is 4.41. The molecule has 1 amide bonds. The quantitative estimate of drug-likeness (QED) is 0.816. The summed E-state index contributed by atoms with van der Waals surface area (Å²) in [5.74, 6) is 1.49. The molecule has 1 aromatic rings. The lowest BCUT2D eigenvalue weighted by Gasteiger charge is -2.29. The molecule has 1 aliphatic heterocycles. The fourth-order valence-electron chi connectivity index (χ4n) is 2.98. The van der Waals surface area contributed by atoms with E-state index in [1.807, 2.05) is 18.2 Å². The topological polar surface area (TPSA) is 52.0 Å². The number of hydrogen-bond donors (Lipinski definition) is 2. The van der Waals surface area contributed by atoms with Crippen LogP contribution >= 0.6 is 0 Å². The fourth-order valence-corrected chi connectivity index (χ4v) is 2.98. The molecular formula is C17H27N2O3+. The number of hydrogen-bond acceptors (Lipinski definition) is 3. The molecule has 1 fully saturated rings. The first-order chi connectivity index (χ1) is 10.6. The van der Waals surface area contributed by atoms with E-state index in [1.165, 1.54) is 24.2 Å². The number of benzene rings is 1. The summed E-state index contributed by atoms with van der Waals surface area (Å²) in [6, 6.07) is 6.28. The highest BCUT2D eigenvalue weighted by atomic mass is 16.5. The van der Waals surface area contributed by atoms with Crippen molar-refractivity contribution in [1.82, 2.24) is 5.32 Å². The van der Waals surface area contributed by atoms with Crippen LogP contribution < -0.4 is 19.7 Å². The van der Waals surface area contributed by atoms with Gasteiger partial charge in [0.05, 0.1) is 26.8 Å². The van der Waals surface area contributed by atoms with Gasteiger partial charge in [-0.3, -0.25) is 4.79 Å². The summed E-state index contributed by atoms with van der Waals surface area (Å²) in [6.45, 7) is 4.41. The van der Waals surface area contributed by atoms with Crippen molar-refractivity contribution >= 4 is 5.91 Å². The number of nitrogens with one attached hydrogen (secondary N) is 2. The molecule has 1 aromatic carbocycles. The summed E-state index contributed by atoms with van der Waals surface area (Å²) in [4.78, 5) is 13.5. The number of carbonyl (C=O) groups is 1. The molecule has 1 saturated heterocycles. The SMILES string of the molecule is COc1ccc(CNC(=O)C[NH+]2CCCC[C@@H]2C)cc1OC. The Morgan fingerprint density at radius 2 is 2.05 bits per heavy atom. The zero-order chi connectivity index (χ0) is 15.9. The molecule has 1 unspecified atom stereocenters. The number of ether oxygens (including phenoxy) is 2. The Morgan fingerprint density at radius 3 is 2.73 bits per heavy atom. The number of quaternary nitrogens is 1. The minimum absolute atomic E-state index is 0.110. The van der Waals surface area contributed by atoms with E-state index < -0.39 is 0 Å². The number of likely N-dealkylation sites (tertiary alicyclic amines) is 1. The number of piperidine rings is 1. The Balaban J connectivity index is 1.85. The zero-order valence-electron chi connectivity index (χ0n) is 13.8. The Kier molecular flexibility index (Phi) is 6.07. The zero-order valence-corrected chi connectivity index (χ0v) is 13.8. The number of carbonyl (C=O) groups excluding carboxylic acids is 1. The molecule has 5 heteroatoms. The second-order valence-electron chi connectivity index (χ2n) is 5.95. The molecule has 2 atom stereocenters. The standard InChI is InChI=1S/C17H26N2O3/c1-13-6-4-5-9-19(13)12-17(20)18-11-14-7-8-15(21-2)16(10-14)22-3/h7-8,10,13H,4-6,9,11-12H2,1-3H3,(H,18,20)/p+1/t13-/m0/s1. The monoisotopic (exact) mass is 307 g/mol. The predicted octanol–water partition coefficient (Wildman–Crippen LogP) is 0.777. The first kappa shape index (κ1) is 16.6. The summed E-state index contributed by atoms with van der Waals surface area (Å²) in [5.41, 5.74) is 1.01. The van der Waals surface area contributed by atoms with Crippen molar-refractivity contribution in [3.8, 4) is 11.5 Å². The maximum atomic E-state index is 12.1. The maximum Gasteiger partial charge on any atom is 0.275 e. The van der Waals surface area contributed by atoms with Crippen LogP contribution in [-0.2, 0) is 11.3 Å². The van der Waals surface area contributed by atoms with Crippen LogP contribution in [0.25, 0.3) is 0 Å². The van der Waals surface area contributed by atoms with Gasteiger partial charge in [0.2, 0.25) is 0 Å². The van der Waals surface area contributed by atoms with Crippen molar-refractivity contribution < 1.29 is 19.2 Å². The Bertz CT molecular complexity index is 505. The van der Waals surface area contributed by atoms with Gasteiger partial charge in [-0.25, -0.2) is 0 Å². The Hall–Kier alpha value is -1.75. The Labute approximate surface area is 132 Å². The lowest BCUT2D eigenvalue weighted by Crippen LogP contribution is -3.17. The second kappa shape index (κ2) is 8.03. The highest BCUT2D eigenvalue weighted by Crippen LogP contribution is 2.27. The summed E-state index contributed by atoms with van der Waals surface area (Å²) in [7, 11) is 3.23. The molecule has 0 spiro atoms. The van der Waals surface area contributed by atoms with Crippen LogP contribution in [0.5, 0.6) is 11.5 Å². The summed E-state index contributed by atoms with van der Waals surface area (Å²) in [5, 5.41) is 3.00. The third kappa shape index (κ3) is 4.37. The van der Waals surface area contributed by atoms with E-state index in [-0.39, 0.29) is 5.91 Å². The molecule has 5 nitrogen and oxygen atoms in total. The highest BCUT2D eigenvalue weighted by molar-refractivity contribution is 5.76. The van der Waals surface area contributed by atoms with Gasteiger partial charge in [0, 0.05) is 6.54 Å². The summed E-state index contributed by atoms with van der Waals surface area (Å²) in [6.07, 6.45) is 3.73. The van der Waals surface area contributed by atoms with Crippen LogP contribution in [0.15, 0.2) is 18.2 Å². The average Bonchev–Trinajstić information content (AvgIpc) is 2.54. The first-order valence-corrected chi connectivity index (χ1v) is 7.96. The van der Waals surface area contributed by atoms with E-state index >= 15 is 0 Å². The number of rotatable bonds is 6. The van der Waals surface area contributed by atoms with Gasteiger partial charge in [0.25, 0.3) is 5.91 Å². The summed E-state index contributed by atoms with van der Waals surface area (Å²) >= 11 is 0. The third-order valence-electron chi connectivity index (χ3n) is 4.41. The van der Waals surface area contributed by atoms with Crippen molar-refractivity contribution in [1.29, 1.82) is 0 Å². The van der Waals surface area contributed by atoms with Gasteiger partial charge in [-0.1, -0.05) is 6.07 Å². The van der Waals surface area contributed by atoms with Crippen molar-refractivity contribution in [2.45, 2.75) is 38.8 Å². The Morgan fingerprint density at radius 1 is 1.27 bits per heavy atom. The fraction of sp³-hybridized carbons (Fsp3) is 0.588. The lowest BCUT2D eigenvalue weighted by atomic mass is 10.0. The molecule has 0 aromatic heterocycles. The van der Waals surface area contributed by atoms with Crippen LogP contribution in [0.2, 0.25) is 0 Å². The molecule has 1 heterocycles. The molecule has 22 heavy (non-hydrogen) atoms. The molecule has 0 aliphatic carbocycles. The normalized spacial score (nSPS) is 21.2. The van der Waals surface area contributed by atoms with E-state index in [2.05, 4.69) is 12.2 Å². The molecule has 0 saturated carbocycles. The molecular weight excluding hydrogens is 280 g/mol. The van der Waals surface area contributed by atoms with Gasteiger partial charge in [0.15, 0.2) is 18.0 Å². The minimum Gasteiger partial charge on any atom is -0.493 e. The van der Waals surface area contributed by atoms with Crippen LogP contribution in [-0.4, -0.2) is 39.3 Å². The molecule has 2 rings (SSSR count). The maximum absolute atomic E-state index is 12.1. The van der Waals surface area contributed by atoms with E-state index in [9.17, 15) is 4.79 Å². The van der Waals surface area contributed by atoms with Crippen molar-refractivity contribution in [3.05, 3.63) is 23.8 Å². The second-order valence-corrected chi connectivity index (χ2v) is 5.95. The van der Waals surface area contributed by atoms with E-state index in [4.69, 9.17) is 9.47 Å². The van der Waals surface area contributed by atoms with Crippen LogP contribution in [0.1, 0.15) is 31.7 Å². The average molecular weight is 307 g/mol. The summed E-state index contributed by atoms with van der Waals surface area (Å²) < 4.78 is 10.5. The van der Waals surface area contributed by atoms with Crippen molar-refractivity contribution in [3.63, 3.8) is 0 Å². The molecule has 122 valence electrons. The van der Waals surface area contributed by atoms with Gasteiger partial charge in [-0.15, -0.1) is 0 Å². The van der Waals surface area contributed by atoms with Crippen LogP contribution in [0, 0.1) is 0 Å². The molecule has 1 aliphatic rings. The largest absolute Gasteiger partial charge is 0.493 e. The number of methoxy groups -OCH3 is 2. The molecule has 2 N–H and O–H groups in total. The van der Waals surface area contributed by atoms with Gasteiger partial charge < -0.3 is 19.7 Å². The first-order valence-electron chi connectivity index (χ1n) is 7.96. The van der Waals surface area contributed by atoms with Gasteiger partial charge in [-0.2, -0.15) is 0 Å². The van der Waals surface area contributed by atoms with Gasteiger partial charge >= 0.3 is 0 Å². The van der Waals surface area contributed by atoms with Crippen molar-refractivity contribution in [2.24, 2.45) is 0 Å².